The summed E-state index contributed by atoms with van der Waals surface area (Å²) in [5, 5.41) is 8.61. The number of carbonyl (C=O) groups is 1. The first kappa shape index (κ1) is 11.9. The summed E-state index contributed by atoms with van der Waals surface area (Å²) in [6.45, 7) is 0. The highest BCUT2D eigenvalue weighted by Crippen LogP contribution is 2.37. The minimum absolute atomic E-state index is 0.309. The number of carboxylic acids is 1. The molecule has 1 aromatic carbocycles. The predicted molar refractivity (Wildman–Crippen MR) is 72.5 cm³/mol. The predicted octanol–water partition coefficient (Wildman–Crippen LogP) is 2.00. The van der Waals surface area contributed by atoms with E-state index in [-0.39, 0.29) is 5.54 Å². The molecule has 1 saturated carbocycles. The summed E-state index contributed by atoms with van der Waals surface area (Å²) in [6.07, 6.45) is 5.73. The molecule has 5 nitrogen and oxygen atoms in total. The van der Waals surface area contributed by atoms with Gasteiger partial charge in [-0.05, 0) is 43.0 Å². The van der Waals surface area contributed by atoms with Crippen molar-refractivity contribution in [3.63, 3.8) is 0 Å². The molecule has 0 aliphatic heterocycles. The fourth-order valence-electron chi connectivity index (χ4n) is 2.33. The largest absolute Gasteiger partial charge is 0.478 e. The number of aromatic nitrogens is 2. The number of aromatic amines is 1. The van der Waals surface area contributed by atoms with Crippen LogP contribution >= 0.6 is 0 Å². The van der Waals surface area contributed by atoms with Crippen LogP contribution in [0, 0.1) is 0 Å². The topological polar surface area (TPSA) is 92.0 Å². The lowest BCUT2D eigenvalue weighted by atomic mass is 9.77. The number of nitrogens with one attached hydrogen (secondary N) is 1. The summed E-state index contributed by atoms with van der Waals surface area (Å²) in [5.74, 6) is -0.131. The maximum absolute atomic E-state index is 10.5. The molecule has 3 rings (SSSR count). The quantitative estimate of drug-likeness (QED) is 0.733. The van der Waals surface area contributed by atoms with Gasteiger partial charge in [-0.25, -0.2) is 9.78 Å². The Morgan fingerprint density at radius 1 is 1.47 bits per heavy atom. The number of imidazole rings is 1. The van der Waals surface area contributed by atoms with Crippen molar-refractivity contribution in [1.29, 1.82) is 0 Å². The highest BCUT2D eigenvalue weighted by Gasteiger charge is 2.37. The van der Waals surface area contributed by atoms with Crippen molar-refractivity contribution in [2.24, 2.45) is 5.73 Å². The number of hydrogen-bond donors (Lipinski definition) is 3. The summed E-state index contributed by atoms with van der Waals surface area (Å²) in [6, 6.07) is 5.60. The second kappa shape index (κ2) is 4.20. The van der Waals surface area contributed by atoms with Crippen LogP contribution in [0.5, 0.6) is 0 Å². The molecule has 1 fully saturated rings. The van der Waals surface area contributed by atoms with Gasteiger partial charge in [0.05, 0.1) is 16.6 Å². The number of aliphatic carboxylic acids is 1. The Hall–Kier alpha value is -2.14. The molecule has 19 heavy (non-hydrogen) atoms. The van der Waals surface area contributed by atoms with Gasteiger partial charge in [0.25, 0.3) is 0 Å². The zero-order chi connectivity index (χ0) is 13.5. The smallest absolute Gasteiger partial charge is 0.328 e. The van der Waals surface area contributed by atoms with Crippen LogP contribution in [0.25, 0.3) is 17.1 Å². The Bertz CT molecular complexity index is 668. The molecule has 0 atom stereocenters. The fourth-order valence-corrected chi connectivity index (χ4v) is 2.33. The third kappa shape index (κ3) is 2.13. The van der Waals surface area contributed by atoms with E-state index >= 15 is 0 Å². The van der Waals surface area contributed by atoms with Crippen LogP contribution < -0.4 is 5.73 Å². The van der Waals surface area contributed by atoms with E-state index < -0.39 is 5.97 Å². The van der Waals surface area contributed by atoms with E-state index in [1.807, 2.05) is 18.2 Å². The highest BCUT2D eigenvalue weighted by atomic mass is 16.4. The van der Waals surface area contributed by atoms with Gasteiger partial charge in [-0.3, -0.25) is 0 Å². The van der Waals surface area contributed by atoms with Crippen molar-refractivity contribution in [3.8, 4) is 0 Å². The van der Waals surface area contributed by atoms with Crippen LogP contribution in [0.4, 0.5) is 0 Å². The Balaban J connectivity index is 1.97. The molecule has 0 amide bonds. The van der Waals surface area contributed by atoms with E-state index in [4.69, 9.17) is 10.8 Å². The molecule has 0 spiro atoms. The molecule has 0 bridgehead atoms. The van der Waals surface area contributed by atoms with Crippen molar-refractivity contribution in [2.75, 3.05) is 0 Å². The van der Waals surface area contributed by atoms with Crippen molar-refractivity contribution in [3.05, 3.63) is 35.7 Å². The Morgan fingerprint density at radius 2 is 2.26 bits per heavy atom. The molecular weight excluding hydrogens is 242 g/mol. The van der Waals surface area contributed by atoms with Gasteiger partial charge in [0.2, 0.25) is 0 Å². The lowest BCUT2D eigenvalue weighted by Gasteiger charge is -2.35. The summed E-state index contributed by atoms with van der Waals surface area (Å²) in [7, 11) is 0. The van der Waals surface area contributed by atoms with E-state index in [0.29, 0.717) is 0 Å². The van der Waals surface area contributed by atoms with E-state index in [0.717, 1.165) is 47.8 Å². The van der Waals surface area contributed by atoms with Crippen LogP contribution in [0.15, 0.2) is 24.3 Å². The molecule has 0 radical (unpaired) electrons. The van der Waals surface area contributed by atoms with Crippen LogP contribution in [0.3, 0.4) is 0 Å². The Labute approximate surface area is 110 Å². The third-order valence-electron chi connectivity index (χ3n) is 3.64. The molecule has 1 aliphatic carbocycles. The van der Waals surface area contributed by atoms with Crippen molar-refractivity contribution >= 4 is 23.1 Å². The standard InChI is InChI=1S/C14H15N3O2/c15-14(6-1-7-14)13-16-10-4-2-9(3-5-12(18)19)8-11(10)17-13/h2-5,8H,1,6-7,15H2,(H,16,17)(H,18,19)/b5-3+. The monoisotopic (exact) mass is 257 g/mol. The van der Waals surface area contributed by atoms with E-state index in [2.05, 4.69) is 9.97 Å². The summed E-state index contributed by atoms with van der Waals surface area (Å²) < 4.78 is 0. The lowest BCUT2D eigenvalue weighted by molar-refractivity contribution is -0.131. The Kier molecular flexibility index (Phi) is 2.64. The molecule has 1 aliphatic rings. The van der Waals surface area contributed by atoms with Crippen molar-refractivity contribution in [1.82, 2.24) is 9.97 Å². The second-order valence-electron chi connectivity index (χ2n) is 5.04. The summed E-state index contributed by atoms with van der Waals surface area (Å²) in [4.78, 5) is 18.3. The molecule has 5 heteroatoms. The molecule has 1 aromatic heterocycles. The maximum atomic E-state index is 10.5. The number of nitrogens with two attached hydrogens (primary N) is 1. The average Bonchev–Trinajstić information content (AvgIpc) is 2.76. The molecule has 0 unspecified atom stereocenters. The molecule has 0 saturated heterocycles. The van der Waals surface area contributed by atoms with Gasteiger partial charge in [-0.1, -0.05) is 6.07 Å². The summed E-state index contributed by atoms with van der Waals surface area (Å²) in [5.41, 5.74) is 8.50. The van der Waals surface area contributed by atoms with Gasteiger partial charge in [-0.15, -0.1) is 0 Å². The number of fused-ring (bicyclic) bond motifs is 1. The van der Waals surface area contributed by atoms with E-state index in [9.17, 15) is 4.79 Å². The SMILES string of the molecule is NC1(c2nc3ccc(/C=C/C(=O)O)cc3[nH]2)CCC1. The number of hydrogen-bond acceptors (Lipinski definition) is 3. The molecular formula is C14H15N3O2. The number of carboxylic acid groups (broad SMARTS) is 1. The number of nitrogens with zero attached hydrogens (tertiary/aromatic N) is 1. The Morgan fingerprint density at radius 3 is 2.89 bits per heavy atom. The summed E-state index contributed by atoms with van der Waals surface area (Å²) >= 11 is 0. The van der Waals surface area contributed by atoms with Gasteiger partial charge >= 0.3 is 5.97 Å². The minimum Gasteiger partial charge on any atom is -0.478 e. The van der Waals surface area contributed by atoms with E-state index in [1.54, 1.807) is 6.08 Å². The first-order valence-corrected chi connectivity index (χ1v) is 6.27. The molecule has 4 N–H and O–H groups in total. The first-order chi connectivity index (χ1) is 9.07. The first-order valence-electron chi connectivity index (χ1n) is 6.27. The van der Waals surface area contributed by atoms with Crippen LogP contribution in [0.1, 0.15) is 30.7 Å². The second-order valence-corrected chi connectivity index (χ2v) is 5.04. The maximum Gasteiger partial charge on any atom is 0.328 e. The van der Waals surface area contributed by atoms with Crippen molar-refractivity contribution < 1.29 is 9.90 Å². The van der Waals surface area contributed by atoms with Crippen LogP contribution in [-0.4, -0.2) is 21.0 Å². The van der Waals surface area contributed by atoms with Crippen LogP contribution in [0.2, 0.25) is 0 Å². The van der Waals surface area contributed by atoms with Crippen LogP contribution in [-0.2, 0) is 10.3 Å². The van der Waals surface area contributed by atoms with Crippen molar-refractivity contribution in [2.45, 2.75) is 24.8 Å². The van der Waals surface area contributed by atoms with Gasteiger partial charge in [-0.2, -0.15) is 0 Å². The average molecular weight is 257 g/mol. The zero-order valence-corrected chi connectivity index (χ0v) is 10.4. The highest BCUT2D eigenvalue weighted by molar-refractivity contribution is 5.86. The zero-order valence-electron chi connectivity index (χ0n) is 10.4. The molecule has 2 aromatic rings. The van der Waals surface area contributed by atoms with E-state index in [1.165, 1.54) is 0 Å². The van der Waals surface area contributed by atoms with Gasteiger partial charge in [0, 0.05) is 6.08 Å². The van der Waals surface area contributed by atoms with Gasteiger partial charge in [0.1, 0.15) is 5.82 Å². The van der Waals surface area contributed by atoms with Gasteiger partial charge < -0.3 is 15.8 Å². The number of benzene rings is 1. The molecule has 98 valence electrons. The van der Waals surface area contributed by atoms with Gasteiger partial charge in [0.15, 0.2) is 0 Å². The fraction of sp³-hybridized carbons (Fsp3) is 0.286. The minimum atomic E-state index is -0.958. The number of H-pyrrole nitrogens is 1. The number of rotatable bonds is 3. The lowest BCUT2D eigenvalue weighted by Crippen LogP contribution is -2.44. The molecule has 1 heterocycles. The normalized spacial score (nSPS) is 17.7. The third-order valence-corrected chi connectivity index (χ3v) is 3.64.